The second kappa shape index (κ2) is 8.77. The summed E-state index contributed by atoms with van der Waals surface area (Å²) in [5.41, 5.74) is 1.32. The molecule has 1 aliphatic rings. The molecule has 5 atom stereocenters. The van der Waals surface area contributed by atoms with E-state index in [0.717, 1.165) is 5.56 Å². The fourth-order valence-electron chi connectivity index (χ4n) is 3.22. The number of benzene rings is 2. The Labute approximate surface area is 161 Å². The highest BCUT2D eigenvalue weighted by atomic mass is 79.9. The zero-order chi connectivity index (χ0) is 18.5. The van der Waals surface area contributed by atoms with E-state index in [9.17, 15) is 9.90 Å². The van der Waals surface area contributed by atoms with Gasteiger partial charge in [0.15, 0.2) is 6.29 Å². The lowest BCUT2D eigenvalue weighted by Crippen LogP contribution is -2.55. The summed E-state index contributed by atoms with van der Waals surface area (Å²) < 4.78 is 16.9. The average Bonchev–Trinajstić information content (AvgIpc) is 2.69. The Bertz CT molecular complexity index is 709. The monoisotopic (exact) mass is 420 g/mol. The summed E-state index contributed by atoms with van der Waals surface area (Å²) in [4.78, 5) is 12.6. The van der Waals surface area contributed by atoms with Crippen molar-refractivity contribution in [1.82, 2.24) is 0 Å². The molecule has 1 heterocycles. The Morgan fingerprint density at radius 1 is 1.12 bits per heavy atom. The molecule has 0 bridgehead atoms. The molecule has 0 spiro atoms. The normalized spacial score (nSPS) is 28.5. The average molecular weight is 421 g/mol. The highest BCUT2D eigenvalue weighted by Crippen LogP contribution is 2.37. The molecule has 138 valence electrons. The van der Waals surface area contributed by atoms with Crippen LogP contribution in [0.2, 0.25) is 0 Å². The predicted molar refractivity (Wildman–Crippen MR) is 100 cm³/mol. The Balaban J connectivity index is 1.93. The zero-order valence-electron chi connectivity index (χ0n) is 14.3. The lowest BCUT2D eigenvalue weighted by molar-refractivity contribution is -0.258. The molecule has 0 amide bonds. The fraction of sp³-hybridized carbons (Fsp3) is 0.350. The third-order valence-electron chi connectivity index (χ3n) is 4.50. The summed E-state index contributed by atoms with van der Waals surface area (Å²) in [6, 6.07) is 18.3. The van der Waals surface area contributed by atoms with Crippen molar-refractivity contribution in [3.05, 3.63) is 71.8 Å². The molecule has 2 aromatic carbocycles. The van der Waals surface area contributed by atoms with Gasteiger partial charge in [0.2, 0.25) is 0 Å². The number of hydrogen-bond acceptors (Lipinski definition) is 5. The molecule has 1 saturated heterocycles. The number of rotatable bonds is 5. The van der Waals surface area contributed by atoms with Crippen molar-refractivity contribution in [3.8, 4) is 0 Å². The van der Waals surface area contributed by atoms with Crippen LogP contribution >= 0.6 is 15.9 Å². The van der Waals surface area contributed by atoms with Crippen LogP contribution in [0.1, 0.15) is 21.8 Å². The highest BCUT2D eigenvalue weighted by Gasteiger charge is 2.47. The first kappa shape index (κ1) is 19.0. The first-order valence-electron chi connectivity index (χ1n) is 8.39. The summed E-state index contributed by atoms with van der Waals surface area (Å²) in [5, 5.41) is 11.2. The lowest BCUT2D eigenvalue weighted by Gasteiger charge is -2.43. The van der Waals surface area contributed by atoms with Gasteiger partial charge >= 0.3 is 5.97 Å². The van der Waals surface area contributed by atoms with Crippen LogP contribution in [0.15, 0.2) is 60.7 Å². The van der Waals surface area contributed by atoms with Crippen LogP contribution in [0.3, 0.4) is 0 Å². The van der Waals surface area contributed by atoms with Crippen molar-refractivity contribution >= 4 is 21.9 Å². The van der Waals surface area contributed by atoms with Crippen LogP contribution < -0.4 is 0 Å². The van der Waals surface area contributed by atoms with Crippen LogP contribution in [0.25, 0.3) is 0 Å². The minimum atomic E-state index is -0.966. The Hall–Kier alpha value is -1.73. The van der Waals surface area contributed by atoms with Crippen molar-refractivity contribution in [2.45, 2.75) is 30.5 Å². The fourth-order valence-corrected chi connectivity index (χ4v) is 3.74. The largest absolute Gasteiger partial charge is 0.455 e. The van der Waals surface area contributed by atoms with Gasteiger partial charge in [0.1, 0.15) is 18.3 Å². The molecule has 3 rings (SSSR count). The molecule has 5 nitrogen and oxygen atoms in total. The Morgan fingerprint density at radius 3 is 2.31 bits per heavy atom. The summed E-state index contributed by atoms with van der Waals surface area (Å²) in [5.74, 6) is -0.917. The van der Waals surface area contributed by atoms with Crippen LogP contribution in [0.4, 0.5) is 0 Å². The number of aliphatic hydroxyl groups is 1. The van der Waals surface area contributed by atoms with E-state index in [4.69, 9.17) is 14.2 Å². The van der Waals surface area contributed by atoms with Gasteiger partial charge in [-0.05, 0) is 17.7 Å². The first-order chi connectivity index (χ1) is 12.7. The lowest BCUT2D eigenvalue weighted by atomic mass is 9.83. The number of alkyl halides is 1. The van der Waals surface area contributed by atoms with E-state index in [1.807, 2.05) is 36.4 Å². The van der Waals surface area contributed by atoms with Gasteiger partial charge in [-0.15, -0.1) is 0 Å². The van der Waals surface area contributed by atoms with Crippen LogP contribution in [-0.2, 0) is 14.2 Å². The quantitative estimate of drug-likeness (QED) is 0.594. The number of carbonyl (C=O) groups excluding carboxylic acids is 1. The SMILES string of the molecule is CO[C@H]1O[C@H](CBr)[C@@H](OC(=O)c2ccccc2)[C@H](c2ccccc2)[C@@H]1O. The summed E-state index contributed by atoms with van der Waals surface area (Å²) in [7, 11) is 1.48. The molecular weight excluding hydrogens is 400 g/mol. The molecule has 1 fully saturated rings. The third-order valence-corrected chi connectivity index (χ3v) is 5.14. The molecular formula is C20H21BrO5. The van der Waals surface area contributed by atoms with Gasteiger partial charge in [0.05, 0.1) is 11.5 Å². The number of ether oxygens (including phenoxy) is 3. The molecule has 1 aliphatic heterocycles. The van der Waals surface area contributed by atoms with E-state index in [1.165, 1.54) is 7.11 Å². The number of hydrogen-bond donors (Lipinski definition) is 1. The minimum absolute atomic E-state index is 0.440. The summed E-state index contributed by atoms with van der Waals surface area (Å²) in [6.45, 7) is 0. The summed E-state index contributed by atoms with van der Waals surface area (Å²) >= 11 is 3.42. The summed E-state index contributed by atoms with van der Waals surface area (Å²) in [6.07, 6.45) is -2.88. The molecule has 6 heteroatoms. The van der Waals surface area contributed by atoms with E-state index < -0.39 is 36.5 Å². The van der Waals surface area contributed by atoms with Gasteiger partial charge in [0, 0.05) is 12.4 Å². The second-order valence-corrected chi connectivity index (χ2v) is 6.74. The van der Waals surface area contributed by atoms with Gasteiger partial charge in [-0.1, -0.05) is 64.5 Å². The standard InChI is InChI=1S/C20H21BrO5/c1-24-20-17(22)16(13-8-4-2-5-9-13)18(15(12-21)25-20)26-19(23)14-10-6-3-7-11-14/h2-11,15-18,20,22H,12H2,1H3/t15-,16-,17+,18-,20+/m1/s1. The molecule has 0 radical (unpaired) electrons. The molecule has 2 aromatic rings. The van der Waals surface area contributed by atoms with E-state index in [2.05, 4.69) is 15.9 Å². The topological polar surface area (TPSA) is 65.0 Å². The Morgan fingerprint density at radius 2 is 1.73 bits per heavy atom. The van der Waals surface area contributed by atoms with Crippen molar-refractivity contribution in [2.24, 2.45) is 0 Å². The third kappa shape index (κ3) is 3.99. The van der Waals surface area contributed by atoms with Crippen molar-refractivity contribution in [2.75, 3.05) is 12.4 Å². The molecule has 26 heavy (non-hydrogen) atoms. The van der Waals surface area contributed by atoms with E-state index in [1.54, 1.807) is 24.3 Å². The van der Waals surface area contributed by atoms with Crippen molar-refractivity contribution in [1.29, 1.82) is 0 Å². The number of halogens is 1. The van der Waals surface area contributed by atoms with Crippen LogP contribution in [0.5, 0.6) is 0 Å². The molecule has 0 aromatic heterocycles. The molecule has 0 saturated carbocycles. The minimum Gasteiger partial charge on any atom is -0.455 e. The molecule has 1 N–H and O–H groups in total. The predicted octanol–water partition coefficient (Wildman–Crippen LogP) is 3.12. The van der Waals surface area contributed by atoms with Gasteiger partial charge in [-0.3, -0.25) is 0 Å². The van der Waals surface area contributed by atoms with E-state index in [-0.39, 0.29) is 0 Å². The molecule has 0 aliphatic carbocycles. The van der Waals surface area contributed by atoms with Gasteiger partial charge in [-0.2, -0.15) is 0 Å². The number of methoxy groups -OCH3 is 1. The maximum Gasteiger partial charge on any atom is 0.338 e. The second-order valence-electron chi connectivity index (χ2n) is 6.10. The molecule has 0 unspecified atom stereocenters. The van der Waals surface area contributed by atoms with E-state index in [0.29, 0.717) is 10.9 Å². The van der Waals surface area contributed by atoms with Gasteiger partial charge in [0.25, 0.3) is 0 Å². The zero-order valence-corrected chi connectivity index (χ0v) is 15.9. The van der Waals surface area contributed by atoms with Crippen molar-refractivity contribution in [3.63, 3.8) is 0 Å². The number of aliphatic hydroxyl groups excluding tert-OH is 1. The Kier molecular flexibility index (Phi) is 6.43. The van der Waals surface area contributed by atoms with Crippen molar-refractivity contribution < 1.29 is 24.1 Å². The first-order valence-corrected chi connectivity index (χ1v) is 9.51. The van der Waals surface area contributed by atoms with Gasteiger partial charge in [-0.25, -0.2) is 4.79 Å². The van der Waals surface area contributed by atoms with Crippen LogP contribution in [0, 0.1) is 0 Å². The number of esters is 1. The smallest absolute Gasteiger partial charge is 0.338 e. The van der Waals surface area contributed by atoms with Crippen LogP contribution in [-0.4, -0.2) is 48.1 Å². The van der Waals surface area contributed by atoms with Gasteiger partial charge < -0.3 is 19.3 Å². The number of carbonyl (C=O) groups is 1. The maximum atomic E-state index is 12.6. The van der Waals surface area contributed by atoms with E-state index >= 15 is 0 Å². The maximum absolute atomic E-state index is 12.6. The highest BCUT2D eigenvalue weighted by molar-refractivity contribution is 9.09.